The van der Waals surface area contributed by atoms with Crippen LogP contribution in [0.4, 0.5) is 5.69 Å². The van der Waals surface area contributed by atoms with Gasteiger partial charge in [0.15, 0.2) is 0 Å². The molecule has 2 rings (SSSR count). The molecule has 1 aromatic carbocycles. The number of hydrogen-bond donors (Lipinski definition) is 0. The van der Waals surface area contributed by atoms with Crippen LogP contribution >= 0.6 is 23.2 Å². The molecule has 0 aromatic heterocycles. The number of benzene rings is 1. The average molecular weight is 287 g/mol. The van der Waals surface area contributed by atoms with E-state index in [0.29, 0.717) is 5.92 Å². The summed E-state index contributed by atoms with van der Waals surface area (Å²) in [6, 6.07) is 8.10. The van der Waals surface area contributed by atoms with Crippen molar-refractivity contribution in [3.63, 3.8) is 0 Å². The Labute approximate surface area is 119 Å². The van der Waals surface area contributed by atoms with E-state index in [1.165, 1.54) is 5.69 Å². The first-order valence-corrected chi connectivity index (χ1v) is 7.39. The number of alkyl halides is 1. The van der Waals surface area contributed by atoms with Crippen LogP contribution in [0.5, 0.6) is 0 Å². The summed E-state index contributed by atoms with van der Waals surface area (Å²) < 4.78 is 0. The standard InChI is InChI=1S/C14H20Cl2N2/c1-12(10-15)11-17-5-7-18(8-6-17)14-4-2-3-13(16)9-14/h2-4,9,12H,5-8,10-11H2,1H3/t12-/m1/s1. The summed E-state index contributed by atoms with van der Waals surface area (Å²) in [5, 5.41) is 0.811. The predicted molar refractivity (Wildman–Crippen MR) is 80.0 cm³/mol. The van der Waals surface area contributed by atoms with E-state index < -0.39 is 0 Å². The molecule has 1 heterocycles. The molecule has 1 atom stereocenters. The van der Waals surface area contributed by atoms with Gasteiger partial charge in [0.2, 0.25) is 0 Å². The van der Waals surface area contributed by atoms with Crippen molar-refractivity contribution in [1.29, 1.82) is 0 Å². The number of piperazine rings is 1. The highest BCUT2D eigenvalue weighted by Crippen LogP contribution is 2.21. The topological polar surface area (TPSA) is 6.48 Å². The summed E-state index contributed by atoms with van der Waals surface area (Å²) in [6.07, 6.45) is 0. The molecule has 100 valence electrons. The van der Waals surface area contributed by atoms with Gasteiger partial charge in [-0.25, -0.2) is 0 Å². The van der Waals surface area contributed by atoms with Crippen molar-refractivity contribution in [2.75, 3.05) is 43.5 Å². The molecule has 0 N–H and O–H groups in total. The van der Waals surface area contributed by atoms with E-state index in [4.69, 9.17) is 23.2 Å². The van der Waals surface area contributed by atoms with Crippen LogP contribution in [-0.4, -0.2) is 43.5 Å². The molecule has 2 nitrogen and oxygen atoms in total. The average Bonchev–Trinajstić information content (AvgIpc) is 2.39. The molecule has 1 saturated heterocycles. The Hall–Kier alpha value is -0.440. The fraction of sp³-hybridized carbons (Fsp3) is 0.571. The first-order chi connectivity index (χ1) is 8.69. The smallest absolute Gasteiger partial charge is 0.0426 e. The number of halogens is 2. The molecule has 0 aliphatic carbocycles. The molecule has 0 saturated carbocycles. The minimum Gasteiger partial charge on any atom is -0.369 e. The van der Waals surface area contributed by atoms with Crippen LogP contribution in [0.3, 0.4) is 0 Å². The van der Waals surface area contributed by atoms with Gasteiger partial charge >= 0.3 is 0 Å². The van der Waals surface area contributed by atoms with Crippen molar-refractivity contribution in [2.24, 2.45) is 5.92 Å². The largest absolute Gasteiger partial charge is 0.369 e. The Balaban J connectivity index is 1.87. The van der Waals surface area contributed by atoms with E-state index >= 15 is 0 Å². The summed E-state index contributed by atoms with van der Waals surface area (Å²) in [5.74, 6) is 1.32. The minimum atomic E-state index is 0.574. The highest BCUT2D eigenvalue weighted by molar-refractivity contribution is 6.30. The Kier molecular flexibility index (Phi) is 5.16. The fourth-order valence-corrected chi connectivity index (χ4v) is 2.63. The van der Waals surface area contributed by atoms with E-state index in [2.05, 4.69) is 22.8 Å². The molecule has 1 aliphatic heterocycles. The maximum atomic E-state index is 6.03. The minimum absolute atomic E-state index is 0.574. The van der Waals surface area contributed by atoms with Crippen LogP contribution in [0.15, 0.2) is 24.3 Å². The van der Waals surface area contributed by atoms with Crippen LogP contribution < -0.4 is 4.90 Å². The third kappa shape index (κ3) is 3.78. The maximum Gasteiger partial charge on any atom is 0.0426 e. The number of nitrogens with zero attached hydrogens (tertiary/aromatic N) is 2. The van der Waals surface area contributed by atoms with Crippen LogP contribution in [0.1, 0.15) is 6.92 Å². The Bertz CT molecular complexity index is 376. The lowest BCUT2D eigenvalue weighted by Gasteiger charge is -2.37. The fourth-order valence-electron chi connectivity index (χ4n) is 2.35. The number of rotatable bonds is 4. The van der Waals surface area contributed by atoms with Crippen LogP contribution in [0, 0.1) is 5.92 Å². The monoisotopic (exact) mass is 286 g/mol. The molecule has 4 heteroatoms. The van der Waals surface area contributed by atoms with Crippen molar-refractivity contribution in [3.8, 4) is 0 Å². The highest BCUT2D eigenvalue weighted by Gasteiger charge is 2.18. The van der Waals surface area contributed by atoms with Crippen molar-refractivity contribution in [1.82, 2.24) is 4.90 Å². The van der Waals surface area contributed by atoms with E-state index in [1.54, 1.807) is 0 Å². The lowest BCUT2D eigenvalue weighted by molar-refractivity contribution is 0.232. The number of anilines is 1. The van der Waals surface area contributed by atoms with Gasteiger partial charge in [-0.05, 0) is 24.1 Å². The third-order valence-electron chi connectivity index (χ3n) is 3.38. The Morgan fingerprint density at radius 3 is 2.56 bits per heavy atom. The van der Waals surface area contributed by atoms with Crippen molar-refractivity contribution in [2.45, 2.75) is 6.92 Å². The molecular formula is C14H20Cl2N2. The second-order valence-corrected chi connectivity index (χ2v) is 5.77. The molecule has 0 amide bonds. The van der Waals surface area contributed by atoms with Gasteiger partial charge in [-0.2, -0.15) is 0 Å². The third-order valence-corrected chi connectivity index (χ3v) is 4.14. The van der Waals surface area contributed by atoms with E-state index in [-0.39, 0.29) is 0 Å². The van der Waals surface area contributed by atoms with Crippen LogP contribution in [0.2, 0.25) is 5.02 Å². The molecule has 1 aliphatic rings. The quantitative estimate of drug-likeness (QED) is 0.784. The summed E-state index contributed by atoms with van der Waals surface area (Å²) in [4.78, 5) is 4.89. The normalized spacial score (nSPS) is 18.9. The molecule has 1 fully saturated rings. The van der Waals surface area contributed by atoms with E-state index in [0.717, 1.165) is 43.6 Å². The van der Waals surface area contributed by atoms with Crippen molar-refractivity contribution < 1.29 is 0 Å². The molecule has 1 aromatic rings. The molecular weight excluding hydrogens is 267 g/mol. The van der Waals surface area contributed by atoms with Gasteiger partial charge in [-0.3, -0.25) is 4.90 Å². The van der Waals surface area contributed by atoms with Gasteiger partial charge in [-0.1, -0.05) is 24.6 Å². The van der Waals surface area contributed by atoms with Gasteiger partial charge < -0.3 is 4.90 Å². The van der Waals surface area contributed by atoms with E-state index in [9.17, 15) is 0 Å². The number of hydrogen-bond acceptors (Lipinski definition) is 2. The van der Waals surface area contributed by atoms with Gasteiger partial charge in [0, 0.05) is 49.3 Å². The predicted octanol–water partition coefficient (Wildman–Crippen LogP) is 3.34. The summed E-state index contributed by atoms with van der Waals surface area (Å²) in [7, 11) is 0. The summed E-state index contributed by atoms with van der Waals surface area (Å²) in [6.45, 7) is 7.65. The van der Waals surface area contributed by atoms with Gasteiger partial charge in [0.1, 0.15) is 0 Å². The summed E-state index contributed by atoms with van der Waals surface area (Å²) in [5.41, 5.74) is 1.23. The molecule has 0 spiro atoms. The second-order valence-electron chi connectivity index (χ2n) is 5.03. The second kappa shape index (κ2) is 6.65. The maximum absolute atomic E-state index is 6.03. The summed E-state index contributed by atoms with van der Waals surface area (Å²) >= 11 is 11.9. The van der Waals surface area contributed by atoms with Crippen LogP contribution in [-0.2, 0) is 0 Å². The van der Waals surface area contributed by atoms with Crippen LogP contribution in [0.25, 0.3) is 0 Å². The van der Waals surface area contributed by atoms with E-state index in [1.807, 2.05) is 18.2 Å². The van der Waals surface area contributed by atoms with Crippen molar-refractivity contribution >= 4 is 28.9 Å². The lowest BCUT2D eigenvalue weighted by Crippen LogP contribution is -2.47. The zero-order valence-electron chi connectivity index (χ0n) is 10.8. The van der Waals surface area contributed by atoms with Gasteiger partial charge in [-0.15, -0.1) is 11.6 Å². The van der Waals surface area contributed by atoms with Gasteiger partial charge in [0.25, 0.3) is 0 Å². The van der Waals surface area contributed by atoms with Gasteiger partial charge in [0.05, 0.1) is 0 Å². The first-order valence-electron chi connectivity index (χ1n) is 6.48. The molecule has 0 radical (unpaired) electrons. The molecule has 0 unspecified atom stereocenters. The zero-order chi connectivity index (χ0) is 13.0. The van der Waals surface area contributed by atoms with Crippen molar-refractivity contribution in [3.05, 3.63) is 29.3 Å². The zero-order valence-corrected chi connectivity index (χ0v) is 12.3. The lowest BCUT2D eigenvalue weighted by atomic mass is 10.2. The Morgan fingerprint density at radius 1 is 1.22 bits per heavy atom. The Morgan fingerprint density at radius 2 is 1.94 bits per heavy atom. The molecule has 18 heavy (non-hydrogen) atoms. The first kappa shape index (κ1) is 14.0. The SMILES string of the molecule is C[C@H](CCl)CN1CCN(c2cccc(Cl)c2)CC1. The molecule has 0 bridgehead atoms. The highest BCUT2D eigenvalue weighted by atomic mass is 35.5.